The number of halogens is 1. The van der Waals surface area contributed by atoms with Crippen LogP contribution in [0, 0.1) is 6.92 Å². The lowest BCUT2D eigenvalue weighted by Gasteiger charge is -2.02. The molecule has 0 atom stereocenters. The fourth-order valence-corrected chi connectivity index (χ4v) is 2.38. The topological polar surface area (TPSA) is 57.8 Å². The highest BCUT2D eigenvalue weighted by molar-refractivity contribution is 9.10. The molecule has 110 valence electrons. The van der Waals surface area contributed by atoms with E-state index in [1.165, 1.54) is 5.56 Å². The molecule has 2 N–H and O–H groups in total. The third-order valence-electron chi connectivity index (χ3n) is 3.13. The van der Waals surface area contributed by atoms with E-state index in [0.717, 1.165) is 28.6 Å². The standard InChI is InChI=1S/C16H18BrN3O/c1-12-14(11-19-20-12)5-3-9-18-16(21)8-7-13-4-2-6-15(17)10-13/h2,4,6-8,10-11H,3,5,9H2,1H3,(H,18,21)(H,19,20). The van der Waals surface area contributed by atoms with Gasteiger partial charge in [0.15, 0.2) is 0 Å². The SMILES string of the molecule is Cc1[nH]ncc1CCCNC(=O)C=Cc1cccc(Br)c1. The van der Waals surface area contributed by atoms with E-state index in [0.29, 0.717) is 6.54 Å². The molecule has 1 amide bonds. The Labute approximate surface area is 132 Å². The normalized spacial score (nSPS) is 11.0. The molecule has 0 aliphatic carbocycles. The van der Waals surface area contributed by atoms with Gasteiger partial charge < -0.3 is 5.32 Å². The van der Waals surface area contributed by atoms with Gasteiger partial charge in [0, 0.05) is 22.8 Å². The van der Waals surface area contributed by atoms with Gasteiger partial charge in [-0.25, -0.2) is 0 Å². The fourth-order valence-electron chi connectivity index (χ4n) is 1.96. The van der Waals surface area contributed by atoms with Crippen LogP contribution in [0.4, 0.5) is 0 Å². The summed E-state index contributed by atoms with van der Waals surface area (Å²) in [7, 11) is 0. The van der Waals surface area contributed by atoms with E-state index in [1.54, 1.807) is 12.2 Å². The molecule has 5 heteroatoms. The van der Waals surface area contributed by atoms with E-state index >= 15 is 0 Å². The van der Waals surface area contributed by atoms with Crippen molar-refractivity contribution >= 4 is 27.9 Å². The molecule has 0 unspecified atom stereocenters. The van der Waals surface area contributed by atoms with Crippen LogP contribution in [0.25, 0.3) is 6.08 Å². The Morgan fingerprint density at radius 2 is 2.33 bits per heavy atom. The Balaban J connectivity index is 1.71. The third kappa shape index (κ3) is 5.19. The van der Waals surface area contributed by atoms with E-state index < -0.39 is 0 Å². The van der Waals surface area contributed by atoms with Crippen LogP contribution in [0.5, 0.6) is 0 Å². The van der Waals surface area contributed by atoms with Gasteiger partial charge in [-0.2, -0.15) is 5.10 Å². The summed E-state index contributed by atoms with van der Waals surface area (Å²) < 4.78 is 1.00. The molecule has 2 rings (SSSR count). The number of nitrogens with one attached hydrogen (secondary N) is 2. The van der Waals surface area contributed by atoms with Crippen LogP contribution in [0.15, 0.2) is 41.0 Å². The lowest BCUT2D eigenvalue weighted by Crippen LogP contribution is -2.22. The molecule has 4 nitrogen and oxygen atoms in total. The summed E-state index contributed by atoms with van der Waals surface area (Å²) in [4.78, 5) is 11.7. The Kier molecular flexibility index (Phi) is 5.75. The van der Waals surface area contributed by atoms with Gasteiger partial charge in [-0.1, -0.05) is 28.1 Å². The summed E-state index contributed by atoms with van der Waals surface area (Å²) in [5, 5.41) is 9.77. The molecule has 0 aliphatic heterocycles. The first kappa shape index (κ1) is 15.5. The van der Waals surface area contributed by atoms with E-state index in [-0.39, 0.29) is 5.91 Å². The average Bonchev–Trinajstić information content (AvgIpc) is 2.87. The van der Waals surface area contributed by atoms with Crippen molar-refractivity contribution in [1.29, 1.82) is 0 Å². The maximum absolute atomic E-state index is 11.7. The van der Waals surface area contributed by atoms with Crippen molar-refractivity contribution < 1.29 is 4.79 Å². The van der Waals surface area contributed by atoms with Crippen molar-refractivity contribution in [1.82, 2.24) is 15.5 Å². The number of benzene rings is 1. The molecule has 21 heavy (non-hydrogen) atoms. The maximum atomic E-state index is 11.7. The number of aromatic nitrogens is 2. The van der Waals surface area contributed by atoms with Gasteiger partial charge in [-0.3, -0.25) is 9.89 Å². The van der Waals surface area contributed by atoms with Crippen molar-refractivity contribution in [3.05, 3.63) is 57.8 Å². The Morgan fingerprint density at radius 3 is 3.05 bits per heavy atom. The van der Waals surface area contributed by atoms with Gasteiger partial charge in [-0.05, 0) is 49.1 Å². The summed E-state index contributed by atoms with van der Waals surface area (Å²) in [5.74, 6) is -0.0705. The van der Waals surface area contributed by atoms with Crippen molar-refractivity contribution in [3.63, 3.8) is 0 Å². The number of rotatable bonds is 6. The van der Waals surface area contributed by atoms with Gasteiger partial charge >= 0.3 is 0 Å². The van der Waals surface area contributed by atoms with E-state index in [9.17, 15) is 4.79 Å². The number of aryl methyl sites for hydroxylation is 2. The van der Waals surface area contributed by atoms with Gasteiger partial charge in [0.25, 0.3) is 0 Å². The lowest BCUT2D eigenvalue weighted by atomic mass is 10.1. The summed E-state index contributed by atoms with van der Waals surface area (Å²) in [6.07, 6.45) is 7.02. The summed E-state index contributed by atoms with van der Waals surface area (Å²) in [5.41, 5.74) is 3.29. The molecule has 0 aliphatic rings. The highest BCUT2D eigenvalue weighted by Crippen LogP contribution is 2.12. The van der Waals surface area contributed by atoms with Crippen LogP contribution >= 0.6 is 15.9 Å². The predicted molar refractivity (Wildman–Crippen MR) is 87.8 cm³/mol. The monoisotopic (exact) mass is 347 g/mol. The molecule has 2 aromatic rings. The first-order chi connectivity index (χ1) is 10.1. The number of carbonyl (C=O) groups is 1. The van der Waals surface area contributed by atoms with Gasteiger partial charge in [0.2, 0.25) is 5.91 Å². The molecule has 1 aromatic heterocycles. The van der Waals surface area contributed by atoms with Crippen LogP contribution in [-0.4, -0.2) is 22.6 Å². The third-order valence-corrected chi connectivity index (χ3v) is 3.63. The van der Waals surface area contributed by atoms with E-state index in [2.05, 4.69) is 31.4 Å². The smallest absolute Gasteiger partial charge is 0.243 e. The first-order valence-electron chi connectivity index (χ1n) is 6.85. The second-order valence-corrected chi connectivity index (χ2v) is 5.72. The highest BCUT2D eigenvalue weighted by Gasteiger charge is 2.00. The van der Waals surface area contributed by atoms with E-state index in [4.69, 9.17) is 0 Å². The van der Waals surface area contributed by atoms with Crippen molar-refractivity contribution in [3.8, 4) is 0 Å². The van der Waals surface area contributed by atoms with Crippen molar-refractivity contribution in [2.75, 3.05) is 6.54 Å². The Morgan fingerprint density at radius 1 is 1.48 bits per heavy atom. The van der Waals surface area contributed by atoms with Crippen LogP contribution in [0.2, 0.25) is 0 Å². The molecule has 0 bridgehead atoms. The van der Waals surface area contributed by atoms with Crippen LogP contribution in [0.3, 0.4) is 0 Å². The van der Waals surface area contributed by atoms with Gasteiger partial charge in [0.05, 0.1) is 6.20 Å². The quantitative estimate of drug-likeness (QED) is 0.622. The van der Waals surface area contributed by atoms with Crippen LogP contribution < -0.4 is 5.32 Å². The predicted octanol–water partition coefficient (Wildman–Crippen LogP) is 3.24. The summed E-state index contributed by atoms with van der Waals surface area (Å²) >= 11 is 3.40. The minimum atomic E-state index is -0.0705. The number of hydrogen-bond donors (Lipinski definition) is 2. The molecule has 0 saturated heterocycles. The van der Waals surface area contributed by atoms with Crippen molar-refractivity contribution in [2.45, 2.75) is 19.8 Å². The van der Waals surface area contributed by atoms with Gasteiger partial charge in [0.1, 0.15) is 0 Å². The summed E-state index contributed by atoms with van der Waals surface area (Å²) in [6, 6.07) is 7.81. The Bertz CT molecular complexity index is 634. The largest absolute Gasteiger partial charge is 0.353 e. The number of nitrogens with zero attached hydrogens (tertiary/aromatic N) is 1. The highest BCUT2D eigenvalue weighted by atomic mass is 79.9. The number of H-pyrrole nitrogens is 1. The molecule has 0 radical (unpaired) electrons. The minimum absolute atomic E-state index is 0.0705. The van der Waals surface area contributed by atoms with Crippen LogP contribution in [0.1, 0.15) is 23.2 Å². The zero-order valence-electron chi connectivity index (χ0n) is 11.9. The number of hydrogen-bond acceptors (Lipinski definition) is 2. The summed E-state index contributed by atoms with van der Waals surface area (Å²) in [6.45, 7) is 2.66. The van der Waals surface area contributed by atoms with E-state index in [1.807, 2.05) is 37.4 Å². The molecule has 1 aromatic carbocycles. The van der Waals surface area contributed by atoms with Crippen molar-refractivity contribution in [2.24, 2.45) is 0 Å². The molecular weight excluding hydrogens is 330 g/mol. The zero-order chi connectivity index (χ0) is 15.1. The number of carbonyl (C=O) groups excluding carboxylic acids is 1. The second-order valence-electron chi connectivity index (χ2n) is 4.80. The maximum Gasteiger partial charge on any atom is 0.243 e. The molecule has 0 fully saturated rings. The minimum Gasteiger partial charge on any atom is -0.353 e. The first-order valence-corrected chi connectivity index (χ1v) is 7.65. The number of amides is 1. The molecule has 0 saturated carbocycles. The lowest BCUT2D eigenvalue weighted by molar-refractivity contribution is -0.116. The zero-order valence-corrected chi connectivity index (χ0v) is 13.5. The number of aromatic amines is 1. The van der Waals surface area contributed by atoms with Gasteiger partial charge in [-0.15, -0.1) is 0 Å². The fraction of sp³-hybridized carbons (Fsp3) is 0.250. The average molecular weight is 348 g/mol. The van der Waals surface area contributed by atoms with Crippen LogP contribution in [-0.2, 0) is 11.2 Å². The molecular formula is C16H18BrN3O. The second kappa shape index (κ2) is 7.78. The molecule has 1 heterocycles. The molecule has 0 spiro atoms. The Hall–Kier alpha value is -1.88.